The van der Waals surface area contributed by atoms with Crippen LogP contribution in [0.5, 0.6) is 23.0 Å². The lowest BCUT2D eigenvalue weighted by Crippen LogP contribution is -1.95. The summed E-state index contributed by atoms with van der Waals surface area (Å²) in [6.45, 7) is 0.534. The average Bonchev–Trinajstić information content (AvgIpc) is 2.63. The SMILES string of the molecule is COc1ccc(Oc2ccc(OCc3ccccc3)cc2)c(N)c1. The predicted octanol–water partition coefficient (Wildman–Crippen LogP) is 4.65. The normalized spacial score (nSPS) is 10.2. The lowest BCUT2D eigenvalue weighted by atomic mass is 10.2. The van der Waals surface area contributed by atoms with Crippen molar-refractivity contribution in [2.24, 2.45) is 0 Å². The average molecular weight is 321 g/mol. The van der Waals surface area contributed by atoms with Gasteiger partial charge in [-0.2, -0.15) is 0 Å². The molecule has 0 aliphatic carbocycles. The van der Waals surface area contributed by atoms with E-state index in [2.05, 4.69) is 0 Å². The molecule has 0 aliphatic heterocycles. The van der Waals surface area contributed by atoms with E-state index in [9.17, 15) is 0 Å². The number of rotatable bonds is 6. The van der Waals surface area contributed by atoms with Gasteiger partial charge in [-0.1, -0.05) is 30.3 Å². The number of hydrogen-bond acceptors (Lipinski definition) is 4. The van der Waals surface area contributed by atoms with Crippen molar-refractivity contribution >= 4 is 5.69 Å². The van der Waals surface area contributed by atoms with Crippen LogP contribution in [0, 0.1) is 0 Å². The van der Waals surface area contributed by atoms with E-state index in [0.717, 1.165) is 11.3 Å². The fourth-order valence-corrected chi connectivity index (χ4v) is 2.22. The van der Waals surface area contributed by atoms with E-state index in [-0.39, 0.29) is 0 Å². The van der Waals surface area contributed by atoms with Gasteiger partial charge in [0, 0.05) is 6.07 Å². The Kier molecular flexibility index (Phi) is 4.87. The van der Waals surface area contributed by atoms with E-state index in [0.29, 0.717) is 29.5 Å². The molecule has 0 saturated heterocycles. The minimum Gasteiger partial charge on any atom is -0.497 e. The second-order valence-corrected chi connectivity index (χ2v) is 5.25. The molecule has 0 aliphatic rings. The van der Waals surface area contributed by atoms with Crippen LogP contribution in [0.25, 0.3) is 0 Å². The third-order valence-corrected chi connectivity index (χ3v) is 3.52. The summed E-state index contributed by atoms with van der Waals surface area (Å²) in [4.78, 5) is 0. The largest absolute Gasteiger partial charge is 0.497 e. The van der Waals surface area contributed by atoms with E-state index in [4.69, 9.17) is 19.9 Å². The molecule has 0 aromatic heterocycles. The van der Waals surface area contributed by atoms with Crippen molar-refractivity contribution in [1.29, 1.82) is 0 Å². The van der Waals surface area contributed by atoms with Crippen LogP contribution in [-0.2, 0) is 6.61 Å². The van der Waals surface area contributed by atoms with E-state index in [1.807, 2.05) is 60.7 Å². The fraction of sp³-hybridized carbons (Fsp3) is 0.100. The molecule has 3 rings (SSSR count). The lowest BCUT2D eigenvalue weighted by Gasteiger charge is -2.11. The van der Waals surface area contributed by atoms with Gasteiger partial charge in [-0.05, 0) is 42.0 Å². The Hall–Kier alpha value is -3.14. The molecule has 122 valence electrons. The van der Waals surface area contributed by atoms with Crippen LogP contribution in [0.1, 0.15) is 5.56 Å². The molecule has 0 atom stereocenters. The van der Waals surface area contributed by atoms with Crippen molar-refractivity contribution in [3.63, 3.8) is 0 Å². The van der Waals surface area contributed by atoms with Gasteiger partial charge in [0.1, 0.15) is 23.9 Å². The Morgan fingerprint density at radius 3 is 2.12 bits per heavy atom. The zero-order chi connectivity index (χ0) is 16.8. The summed E-state index contributed by atoms with van der Waals surface area (Å²) in [6.07, 6.45) is 0. The zero-order valence-electron chi connectivity index (χ0n) is 13.4. The van der Waals surface area contributed by atoms with E-state index < -0.39 is 0 Å². The molecule has 0 spiro atoms. The van der Waals surface area contributed by atoms with Gasteiger partial charge in [0.2, 0.25) is 0 Å². The molecule has 0 saturated carbocycles. The van der Waals surface area contributed by atoms with Crippen LogP contribution >= 0.6 is 0 Å². The molecular weight excluding hydrogens is 302 g/mol. The minimum atomic E-state index is 0.527. The molecular formula is C20H19NO3. The van der Waals surface area contributed by atoms with Gasteiger partial charge in [-0.15, -0.1) is 0 Å². The number of methoxy groups -OCH3 is 1. The molecule has 24 heavy (non-hydrogen) atoms. The highest BCUT2D eigenvalue weighted by Gasteiger charge is 2.04. The van der Waals surface area contributed by atoms with Crippen LogP contribution < -0.4 is 19.9 Å². The fourth-order valence-electron chi connectivity index (χ4n) is 2.22. The van der Waals surface area contributed by atoms with Gasteiger partial charge in [-0.25, -0.2) is 0 Å². The van der Waals surface area contributed by atoms with Crippen LogP contribution in [0.3, 0.4) is 0 Å². The van der Waals surface area contributed by atoms with E-state index in [1.54, 1.807) is 19.2 Å². The van der Waals surface area contributed by atoms with Gasteiger partial charge < -0.3 is 19.9 Å². The van der Waals surface area contributed by atoms with Crippen molar-refractivity contribution < 1.29 is 14.2 Å². The second-order valence-electron chi connectivity index (χ2n) is 5.25. The van der Waals surface area contributed by atoms with Crippen molar-refractivity contribution in [2.45, 2.75) is 6.61 Å². The van der Waals surface area contributed by atoms with E-state index >= 15 is 0 Å². The first-order valence-corrected chi connectivity index (χ1v) is 7.63. The Bertz CT molecular complexity index is 786. The van der Waals surface area contributed by atoms with Crippen molar-refractivity contribution in [3.8, 4) is 23.0 Å². The third kappa shape index (κ3) is 3.98. The van der Waals surface area contributed by atoms with Crippen molar-refractivity contribution in [2.75, 3.05) is 12.8 Å². The minimum absolute atomic E-state index is 0.527. The zero-order valence-corrected chi connectivity index (χ0v) is 13.4. The number of anilines is 1. The topological polar surface area (TPSA) is 53.7 Å². The molecule has 0 heterocycles. The maximum atomic E-state index is 5.96. The molecule has 0 bridgehead atoms. The molecule has 0 unspecified atom stereocenters. The first-order chi connectivity index (χ1) is 11.7. The highest BCUT2D eigenvalue weighted by molar-refractivity contribution is 5.57. The lowest BCUT2D eigenvalue weighted by molar-refractivity contribution is 0.306. The van der Waals surface area contributed by atoms with Crippen LogP contribution in [0.2, 0.25) is 0 Å². The van der Waals surface area contributed by atoms with Gasteiger partial charge in [0.15, 0.2) is 5.75 Å². The van der Waals surface area contributed by atoms with Crippen LogP contribution in [0.15, 0.2) is 72.8 Å². The molecule has 4 heteroatoms. The van der Waals surface area contributed by atoms with Gasteiger partial charge >= 0.3 is 0 Å². The quantitative estimate of drug-likeness (QED) is 0.672. The molecule has 3 aromatic rings. The molecule has 2 N–H and O–H groups in total. The molecule has 4 nitrogen and oxygen atoms in total. The summed E-state index contributed by atoms with van der Waals surface area (Å²) in [5.74, 6) is 2.77. The summed E-state index contributed by atoms with van der Waals surface area (Å²) in [7, 11) is 1.60. The summed E-state index contributed by atoms with van der Waals surface area (Å²) in [5.41, 5.74) is 7.61. The maximum Gasteiger partial charge on any atom is 0.150 e. The van der Waals surface area contributed by atoms with Crippen LogP contribution in [0.4, 0.5) is 5.69 Å². The van der Waals surface area contributed by atoms with Crippen LogP contribution in [-0.4, -0.2) is 7.11 Å². The Morgan fingerprint density at radius 1 is 0.792 bits per heavy atom. The number of ether oxygens (including phenoxy) is 3. The highest BCUT2D eigenvalue weighted by atomic mass is 16.5. The Balaban J connectivity index is 1.62. The predicted molar refractivity (Wildman–Crippen MR) is 94.7 cm³/mol. The first kappa shape index (κ1) is 15.7. The highest BCUT2D eigenvalue weighted by Crippen LogP contribution is 2.31. The summed E-state index contributed by atoms with van der Waals surface area (Å²) >= 11 is 0. The van der Waals surface area contributed by atoms with E-state index in [1.165, 1.54) is 0 Å². The monoisotopic (exact) mass is 321 g/mol. The second kappa shape index (κ2) is 7.42. The number of nitrogen functional groups attached to an aromatic ring is 1. The number of nitrogens with two attached hydrogens (primary N) is 1. The van der Waals surface area contributed by atoms with Gasteiger partial charge in [0.05, 0.1) is 12.8 Å². The Labute approximate surface area is 141 Å². The molecule has 3 aromatic carbocycles. The number of hydrogen-bond donors (Lipinski definition) is 1. The van der Waals surface area contributed by atoms with Crippen molar-refractivity contribution in [1.82, 2.24) is 0 Å². The van der Waals surface area contributed by atoms with Gasteiger partial charge in [0.25, 0.3) is 0 Å². The first-order valence-electron chi connectivity index (χ1n) is 7.63. The summed E-state index contributed by atoms with van der Waals surface area (Å²) in [5, 5.41) is 0. The molecule has 0 amide bonds. The standard InChI is InChI=1S/C20H19NO3/c1-22-18-11-12-20(19(21)13-18)24-17-9-7-16(8-10-17)23-14-15-5-3-2-4-6-15/h2-13H,14,21H2,1H3. The number of benzene rings is 3. The summed E-state index contributed by atoms with van der Waals surface area (Å²) < 4.78 is 16.7. The molecule has 0 fully saturated rings. The smallest absolute Gasteiger partial charge is 0.150 e. The van der Waals surface area contributed by atoms with Gasteiger partial charge in [-0.3, -0.25) is 0 Å². The Morgan fingerprint density at radius 2 is 1.46 bits per heavy atom. The maximum absolute atomic E-state index is 5.96. The third-order valence-electron chi connectivity index (χ3n) is 3.52. The van der Waals surface area contributed by atoms with Crippen molar-refractivity contribution in [3.05, 3.63) is 78.4 Å². The molecule has 0 radical (unpaired) electrons. The summed E-state index contributed by atoms with van der Waals surface area (Å²) in [6, 6.07) is 22.8.